The van der Waals surface area contributed by atoms with Gasteiger partial charge in [-0.05, 0) is 63.9 Å². The van der Waals surface area contributed by atoms with E-state index in [1.54, 1.807) is 6.26 Å². The fourth-order valence-corrected chi connectivity index (χ4v) is 5.63. The monoisotopic (exact) mass is 739 g/mol. The molecule has 0 aliphatic rings. The molecule has 0 amide bonds. The smallest absolute Gasteiger partial charge is 0.472 e. The van der Waals surface area contributed by atoms with Crippen LogP contribution in [0.4, 0.5) is 0 Å². The molecule has 0 fully saturated rings. The lowest BCUT2D eigenvalue weighted by Gasteiger charge is -2.20. The second-order valence-electron chi connectivity index (χ2n) is 12.7. The second kappa shape index (κ2) is 35.9. The molecule has 0 radical (unpaired) electrons. The predicted octanol–water partition coefficient (Wildman–Crippen LogP) is 10.4. The summed E-state index contributed by atoms with van der Waals surface area (Å²) in [6, 6.07) is -1.49. The Morgan fingerprint density at radius 2 is 1.14 bits per heavy atom. The number of carboxylic acids is 1. The number of aliphatic carboxylic acids is 1. The number of phosphoric acid groups is 1. The van der Waals surface area contributed by atoms with Crippen molar-refractivity contribution in [2.24, 2.45) is 5.73 Å². The first-order valence-electron chi connectivity index (χ1n) is 19.4. The summed E-state index contributed by atoms with van der Waals surface area (Å²) in [5.74, 6) is -1.85. The zero-order valence-corrected chi connectivity index (χ0v) is 32.6. The van der Waals surface area contributed by atoms with Crippen molar-refractivity contribution in [1.29, 1.82) is 0 Å². The van der Waals surface area contributed by atoms with Gasteiger partial charge in [-0.25, -0.2) is 4.57 Å². The third-order valence-electron chi connectivity index (χ3n) is 7.88. The minimum absolute atomic E-state index is 0.0860. The molecule has 4 N–H and O–H groups in total. The van der Waals surface area contributed by atoms with Gasteiger partial charge >= 0.3 is 19.8 Å². The normalized spacial score (nSPS) is 14.7. The highest BCUT2D eigenvalue weighted by molar-refractivity contribution is 7.47. The number of allylic oxidation sites excluding steroid dienone is 9. The summed E-state index contributed by atoms with van der Waals surface area (Å²) in [5, 5.41) is 8.86. The standard InChI is InChI=1S/C40H70NO9P/c1-3-5-7-9-11-13-15-17-19-20-22-24-26-28-30-32-39(42)50-37(35-48-51(45,46)49-36-38(41)40(43)44)34-47-33-31-29-27-25-23-21-18-16-14-12-10-8-6-4-2/h5,7,11,13,17,19,22,24,31,33,37-38H,3-4,6,8-10,12,14-16,18,20-21,23,25-30,32,34-36,41H2,1-2H3,(H,43,44)(H,45,46)/b7-5-,13-11-,19-17-,24-22-,33-31-/t37-,38+/m1/s1. The van der Waals surface area contributed by atoms with Gasteiger partial charge in [0.15, 0.2) is 6.10 Å². The predicted molar refractivity (Wildman–Crippen MR) is 207 cm³/mol. The van der Waals surface area contributed by atoms with E-state index in [9.17, 15) is 19.0 Å². The van der Waals surface area contributed by atoms with Crippen molar-refractivity contribution in [2.45, 2.75) is 161 Å². The van der Waals surface area contributed by atoms with Gasteiger partial charge in [-0.1, -0.05) is 133 Å². The summed E-state index contributed by atoms with van der Waals surface area (Å²) in [7, 11) is -4.64. The average molecular weight is 740 g/mol. The number of carbonyl (C=O) groups is 2. The topological polar surface area (TPSA) is 155 Å². The van der Waals surface area contributed by atoms with Crippen LogP contribution in [0.15, 0.2) is 60.9 Å². The van der Waals surface area contributed by atoms with Crippen molar-refractivity contribution >= 4 is 19.8 Å². The molecule has 11 heteroatoms. The van der Waals surface area contributed by atoms with E-state index in [1.807, 2.05) is 6.08 Å². The van der Waals surface area contributed by atoms with Crippen LogP contribution in [-0.4, -0.2) is 53.9 Å². The Kier molecular flexibility index (Phi) is 34.1. The summed E-state index contributed by atoms with van der Waals surface area (Å²) in [5.41, 5.74) is 5.33. The van der Waals surface area contributed by atoms with Crippen LogP contribution in [-0.2, 0) is 32.7 Å². The fraction of sp³-hybridized carbons (Fsp3) is 0.700. The quantitative estimate of drug-likeness (QED) is 0.0186. The number of phosphoric ester groups is 1. The van der Waals surface area contributed by atoms with E-state index in [0.717, 1.165) is 57.8 Å². The number of ether oxygens (including phenoxy) is 2. The Bertz CT molecular complexity index is 1040. The first kappa shape index (κ1) is 48.5. The number of unbranched alkanes of at least 4 members (excludes halogenated alkanes) is 14. The highest BCUT2D eigenvalue weighted by Gasteiger charge is 2.27. The molecule has 10 nitrogen and oxygen atoms in total. The molecule has 0 saturated carbocycles. The third-order valence-corrected chi connectivity index (χ3v) is 8.83. The summed E-state index contributed by atoms with van der Waals surface area (Å²) < 4.78 is 32.9. The van der Waals surface area contributed by atoms with Crippen LogP contribution in [0.25, 0.3) is 0 Å². The Morgan fingerprint density at radius 3 is 1.71 bits per heavy atom. The lowest BCUT2D eigenvalue weighted by Crippen LogP contribution is -2.34. The molecule has 0 aliphatic carbocycles. The number of carbonyl (C=O) groups excluding carboxylic acids is 1. The lowest BCUT2D eigenvalue weighted by atomic mass is 10.0. The van der Waals surface area contributed by atoms with Crippen molar-refractivity contribution in [2.75, 3.05) is 19.8 Å². The number of hydrogen-bond donors (Lipinski definition) is 3. The maximum absolute atomic E-state index is 12.5. The largest absolute Gasteiger partial charge is 0.498 e. The first-order valence-corrected chi connectivity index (χ1v) is 20.9. The molecule has 0 bridgehead atoms. The van der Waals surface area contributed by atoms with Gasteiger partial charge in [-0.15, -0.1) is 0 Å². The summed E-state index contributed by atoms with van der Waals surface area (Å²) >= 11 is 0. The first-order chi connectivity index (χ1) is 24.7. The van der Waals surface area contributed by atoms with E-state index < -0.39 is 45.1 Å². The molecule has 0 aromatic heterocycles. The van der Waals surface area contributed by atoms with Crippen molar-refractivity contribution in [3.05, 3.63) is 60.9 Å². The highest BCUT2D eigenvalue weighted by Crippen LogP contribution is 2.43. The number of esters is 1. The SMILES string of the molecule is CC/C=C\C/C=C\C/C=C\C/C=C\CCCCC(=O)O[C@H](CO/C=C\CCCCCCCCCCCCCC)COP(=O)(O)OC[C@H](N)C(=O)O. The zero-order valence-electron chi connectivity index (χ0n) is 31.7. The molecule has 3 atom stereocenters. The fourth-order valence-electron chi connectivity index (χ4n) is 4.85. The average Bonchev–Trinajstić information content (AvgIpc) is 3.10. The molecule has 0 heterocycles. The molecule has 51 heavy (non-hydrogen) atoms. The van der Waals surface area contributed by atoms with Crippen LogP contribution in [0, 0.1) is 0 Å². The van der Waals surface area contributed by atoms with Crippen LogP contribution in [0.5, 0.6) is 0 Å². The van der Waals surface area contributed by atoms with Crippen molar-refractivity contribution in [3.63, 3.8) is 0 Å². The number of rotatable bonds is 36. The van der Waals surface area contributed by atoms with Gasteiger partial charge in [0, 0.05) is 6.42 Å². The minimum Gasteiger partial charge on any atom is -0.498 e. The summed E-state index contributed by atoms with van der Waals surface area (Å²) in [6.07, 6.45) is 42.2. The molecule has 1 unspecified atom stereocenters. The van der Waals surface area contributed by atoms with Gasteiger partial charge in [0.2, 0.25) is 0 Å². The van der Waals surface area contributed by atoms with Crippen LogP contribution >= 0.6 is 7.82 Å². The third kappa shape index (κ3) is 35.7. The summed E-state index contributed by atoms with van der Waals surface area (Å²) in [6.45, 7) is 3.09. The van der Waals surface area contributed by atoms with E-state index in [1.165, 1.54) is 64.2 Å². The van der Waals surface area contributed by atoms with Crippen LogP contribution < -0.4 is 5.73 Å². The Balaban J connectivity index is 4.45. The molecule has 0 rings (SSSR count). The maximum Gasteiger partial charge on any atom is 0.472 e. The number of nitrogens with two attached hydrogens (primary N) is 1. The van der Waals surface area contributed by atoms with Gasteiger partial charge in [0.25, 0.3) is 0 Å². The number of hydrogen-bond acceptors (Lipinski definition) is 8. The second-order valence-corrected chi connectivity index (χ2v) is 14.2. The van der Waals surface area contributed by atoms with E-state index in [-0.39, 0.29) is 13.0 Å². The maximum atomic E-state index is 12.5. The van der Waals surface area contributed by atoms with Gasteiger partial charge < -0.3 is 25.2 Å². The van der Waals surface area contributed by atoms with Crippen molar-refractivity contribution in [3.8, 4) is 0 Å². The van der Waals surface area contributed by atoms with E-state index in [4.69, 9.17) is 24.8 Å². The summed E-state index contributed by atoms with van der Waals surface area (Å²) in [4.78, 5) is 33.4. The van der Waals surface area contributed by atoms with Gasteiger partial charge in [0.05, 0.1) is 19.5 Å². The van der Waals surface area contributed by atoms with Crippen LogP contribution in [0.1, 0.15) is 149 Å². The van der Waals surface area contributed by atoms with Crippen LogP contribution in [0.3, 0.4) is 0 Å². The molecule has 0 spiro atoms. The molecule has 0 aromatic carbocycles. The van der Waals surface area contributed by atoms with E-state index in [2.05, 4.69) is 67.0 Å². The van der Waals surface area contributed by atoms with E-state index in [0.29, 0.717) is 6.42 Å². The van der Waals surface area contributed by atoms with Crippen molar-refractivity contribution < 1.29 is 42.7 Å². The molecule has 0 aliphatic heterocycles. The molecular weight excluding hydrogens is 669 g/mol. The van der Waals surface area contributed by atoms with Gasteiger partial charge in [-0.2, -0.15) is 0 Å². The molecule has 0 aromatic rings. The molecule has 0 saturated heterocycles. The number of carboxylic acid groups (broad SMARTS) is 1. The lowest BCUT2D eigenvalue weighted by molar-refractivity contribution is -0.153. The van der Waals surface area contributed by atoms with Crippen LogP contribution in [0.2, 0.25) is 0 Å². The zero-order chi connectivity index (χ0) is 37.7. The molecule has 294 valence electrons. The highest BCUT2D eigenvalue weighted by atomic mass is 31.2. The molecular formula is C40H70NO9P. The Morgan fingerprint density at radius 1 is 0.647 bits per heavy atom. The Hall–Kier alpha value is -2.49. The Labute approximate surface area is 309 Å². The van der Waals surface area contributed by atoms with E-state index >= 15 is 0 Å². The van der Waals surface area contributed by atoms with Gasteiger partial charge in [0.1, 0.15) is 12.6 Å². The minimum atomic E-state index is -4.64. The van der Waals surface area contributed by atoms with Crippen molar-refractivity contribution in [1.82, 2.24) is 0 Å². The van der Waals surface area contributed by atoms with Gasteiger partial charge in [-0.3, -0.25) is 18.6 Å².